The number of allylic oxidation sites excluding steroid dienone is 2. The fourth-order valence-corrected chi connectivity index (χ4v) is 9.25. The van der Waals surface area contributed by atoms with Crippen LogP contribution in [0.4, 0.5) is 21.5 Å². The Labute approximate surface area is 295 Å². The van der Waals surface area contributed by atoms with Gasteiger partial charge in [-0.05, 0) is 89.4 Å². The Morgan fingerprint density at radius 3 is 2.35 bits per heavy atom. The first-order valence-electron chi connectivity index (χ1n) is 14.7. The van der Waals surface area contributed by atoms with Gasteiger partial charge in [-0.25, -0.2) is 14.2 Å². The number of nitro groups is 1. The molecule has 15 heteroatoms. The monoisotopic (exact) mass is 805 g/mol. The summed E-state index contributed by atoms with van der Waals surface area (Å²) in [6.45, 7) is 0. The summed E-state index contributed by atoms with van der Waals surface area (Å²) < 4.78 is 19.6. The van der Waals surface area contributed by atoms with Gasteiger partial charge in [0.2, 0.25) is 11.8 Å². The maximum Gasteiger partial charge on any atom is 0.271 e. The number of anilines is 2. The van der Waals surface area contributed by atoms with E-state index >= 15 is 0 Å². The van der Waals surface area contributed by atoms with Crippen LogP contribution < -0.4 is 14.5 Å². The van der Waals surface area contributed by atoms with Gasteiger partial charge in [0.25, 0.3) is 17.5 Å². The van der Waals surface area contributed by atoms with Gasteiger partial charge in [0.05, 0.1) is 38.8 Å². The number of nitrogens with zero attached hydrogens (tertiary/aromatic N) is 3. The van der Waals surface area contributed by atoms with E-state index < -0.39 is 67.8 Å². The summed E-state index contributed by atoms with van der Waals surface area (Å²) in [5, 5.41) is 22.1. The van der Waals surface area contributed by atoms with Crippen LogP contribution in [0.3, 0.4) is 0 Å². The third-order valence-electron chi connectivity index (χ3n) is 9.80. The quantitative estimate of drug-likeness (QED) is 0.0848. The van der Waals surface area contributed by atoms with Crippen molar-refractivity contribution in [2.45, 2.75) is 28.5 Å². The number of carbonyl (C=O) groups excluding carboxylic acids is 4. The van der Waals surface area contributed by atoms with Gasteiger partial charge in [0.1, 0.15) is 5.82 Å². The smallest absolute Gasteiger partial charge is 0.271 e. The molecule has 1 N–H and O–H groups in total. The van der Waals surface area contributed by atoms with Gasteiger partial charge >= 0.3 is 0 Å². The molecule has 2 saturated heterocycles. The summed E-state index contributed by atoms with van der Waals surface area (Å²) in [7, 11) is 1.34. The second-order valence-corrected chi connectivity index (χ2v) is 14.5. The number of non-ortho nitro benzene ring substituents is 1. The lowest BCUT2D eigenvalue weighted by atomic mass is 9.56. The molecular weight excluding hydrogens is 783 g/mol. The minimum Gasteiger partial charge on any atom is -0.504 e. The van der Waals surface area contributed by atoms with Gasteiger partial charge in [-0.3, -0.25) is 29.3 Å². The molecule has 2 aliphatic heterocycles. The largest absolute Gasteiger partial charge is 0.504 e. The normalized spacial score (nSPS) is 29.4. The number of benzene rings is 3. The third kappa shape index (κ3) is 4.36. The van der Waals surface area contributed by atoms with Gasteiger partial charge in [-0.2, -0.15) is 0 Å². The molecule has 2 aliphatic carbocycles. The number of aromatic hydroxyl groups is 1. The van der Waals surface area contributed by atoms with Crippen LogP contribution in [0.2, 0.25) is 0 Å². The van der Waals surface area contributed by atoms with Crippen molar-refractivity contribution >= 4 is 86.5 Å². The molecule has 2 heterocycles. The Kier molecular flexibility index (Phi) is 7.60. The molecule has 4 amide bonds. The number of nitro benzene ring substituents is 1. The molecule has 0 bridgehead atoms. The lowest BCUT2D eigenvalue weighted by Gasteiger charge is -2.50. The molecule has 0 aromatic heterocycles. The summed E-state index contributed by atoms with van der Waals surface area (Å²) in [6.07, 6.45) is 1.50. The zero-order valence-electron chi connectivity index (χ0n) is 24.7. The molecule has 3 fully saturated rings. The van der Waals surface area contributed by atoms with E-state index in [1.165, 1.54) is 43.5 Å². The molecule has 0 radical (unpaired) electrons. The number of phenolic OH excluding ortho intramolecular Hbond substituents is 1. The Bertz CT molecular complexity index is 2010. The topological polar surface area (TPSA) is 147 Å². The van der Waals surface area contributed by atoms with Gasteiger partial charge in [-0.1, -0.05) is 17.7 Å². The van der Waals surface area contributed by atoms with Crippen LogP contribution in [0.25, 0.3) is 0 Å². The van der Waals surface area contributed by atoms with E-state index in [-0.39, 0.29) is 41.4 Å². The molecular formula is C33H23Cl2FIN3O8. The first kappa shape index (κ1) is 32.5. The van der Waals surface area contributed by atoms with E-state index in [9.17, 15) is 38.8 Å². The number of hydrogen-bond donors (Lipinski definition) is 1. The van der Waals surface area contributed by atoms with Crippen molar-refractivity contribution in [2.75, 3.05) is 16.9 Å². The van der Waals surface area contributed by atoms with Crippen LogP contribution in [0, 0.1) is 37.3 Å². The second-order valence-electron chi connectivity index (χ2n) is 12.1. The van der Waals surface area contributed by atoms with Crippen molar-refractivity contribution in [3.8, 4) is 11.5 Å². The Hall–Kier alpha value is -4.08. The number of amides is 4. The number of alkyl halides is 2. The van der Waals surface area contributed by atoms with Crippen molar-refractivity contribution in [3.05, 3.63) is 97.4 Å². The molecule has 246 valence electrons. The highest BCUT2D eigenvalue weighted by atomic mass is 127. The third-order valence-corrected chi connectivity index (χ3v) is 12.0. The van der Waals surface area contributed by atoms with Gasteiger partial charge in [0, 0.05) is 18.1 Å². The van der Waals surface area contributed by atoms with Crippen LogP contribution in [0.5, 0.6) is 11.5 Å². The minimum absolute atomic E-state index is 0.0298. The molecule has 48 heavy (non-hydrogen) atoms. The minimum atomic E-state index is -2.17. The van der Waals surface area contributed by atoms with Crippen molar-refractivity contribution in [1.82, 2.24) is 0 Å². The van der Waals surface area contributed by atoms with Crippen molar-refractivity contribution in [2.24, 2.45) is 17.8 Å². The second kappa shape index (κ2) is 11.2. The highest BCUT2D eigenvalue weighted by Gasteiger charge is 2.76. The lowest BCUT2D eigenvalue weighted by molar-refractivity contribution is -0.384. The summed E-state index contributed by atoms with van der Waals surface area (Å²) in [5.41, 5.74) is 0.615. The molecule has 11 nitrogen and oxygen atoms in total. The molecule has 6 unspecified atom stereocenters. The van der Waals surface area contributed by atoms with Crippen LogP contribution in [-0.2, 0) is 19.2 Å². The lowest BCUT2D eigenvalue weighted by Crippen LogP contribution is -2.60. The van der Waals surface area contributed by atoms with Gasteiger partial charge in [0.15, 0.2) is 21.2 Å². The van der Waals surface area contributed by atoms with Crippen LogP contribution in [-0.4, -0.2) is 50.5 Å². The number of carbonyl (C=O) groups is 4. The molecule has 1 saturated carbocycles. The number of imide groups is 2. The maximum absolute atomic E-state index is 14.5. The Morgan fingerprint density at radius 1 is 0.979 bits per heavy atom. The van der Waals surface area contributed by atoms with Crippen molar-refractivity contribution < 1.29 is 38.3 Å². The van der Waals surface area contributed by atoms with Crippen LogP contribution in [0.15, 0.2) is 72.3 Å². The van der Waals surface area contributed by atoms with Gasteiger partial charge < -0.3 is 9.84 Å². The molecule has 3 aromatic carbocycles. The average Bonchev–Trinajstić information content (AvgIpc) is 3.40. The van der Waals surface area contributed by atoms with Crippen molar-refractivity contribution in [3.63, 3.8) is 0 Å². The Balaban J connectivity index is 1.41. The van der Waals surface area contributed by atoms with E-state index in [2.05, 4.69) is 0 Å². The molecule has 0 spiro atoms. The first-order chi connectivity index (χ1) is 22.7. The number of ether oxygens (including phenoxy) is 1. The highest BCUT2D eigenvalue weighted by Crippen LogP contribution is 2.66. The van der Waals surface area contributed by atoms with Crippen molar-refractivity contribution in [1.29, 1.82) is 0 Å². The molecule has 7 rings (SSSR count). The van der Waals surface area contributed by atoms with E-state index in [0.29, 0.717) is 14.7 Å². The summed E-state index contributed by atoms with van der Waals surface area (Å²) in [5.74, 6) is -7.61. The zero-order chi connectivity index (χ0) is 34.4. The van der Waals surface area contributed by atoms with Crippen LogP contribution >= 0.6 is 45.8 Å². The Morgan fingerprint density at radius 2 is 1.69 bits per heavy atom. The number of fused-ring (bicyclic) bond motifs is 4. The fourth-order valence-electron chi connectivity index (χ4n) is 7.69. The van der Waals surface area contributed by atoms with E-state index in [1.54, 1.807) is 12.1 Å². The summed E-state index contributed by atoms with van der Waals surface area (Å²) >= 11 is 16.6. The standard InChI is InChI=1S/C33H23Cl2FIN3O8/c1-48-24-12-15(11-23(37)27(24)41)26-20-9-10-21-25(29(43)38(28(21)42)18-3-2-4-19(13-18)40(46)47)22(20)14-32(34)30(44)39(31(45)33(26,32)35)17-7-5-16(36)6-8-17/h2-9,11-13,21-22,25-26,41H,10,14H2,1H3. The van der Waals surface area contributed by atoms with E-state index in [4.69, 9.17) is 27.9 Å². The predicted octanol–water partition coefficient (Wildman–Crippen LogP) is 5.82. The molecule has 4 aliphatic rings. The number of methoxy groups -OCH3 is 1. The summed E-state index contributed by atoms with van der Waals surface area (Å²) in [6, 6.07) is 12.9. The molecule has 6 atom stereocenters. The zero-order valence-corrected chi connectivity index (χ0v) is 28.4. The number of hydrogen-bond acceptors (Lipinski definition) is 8. The summed E-state index contributed by atoms with van der Waals surface area (Å²) in [4.78, 5) is 65.2. The predicted molar refractivity (Wildman–Crippen MR) is 180 cm³/mol. The van der Waals surface area contributed by atoms with Gasteiger partial charge in [-0.15, -0.1) is 23.2 Å². The fraction of sp³-hybridized carbons (Fsp3) is 0.273. The highest BCUT2D eigenvalue weighted by molar-refractivity contribution is 14.1. The average molecular weight is 806 g/mol. The van der Waals surface area contributed by atoms with Crippen LogP contribution in [0.1, 0.15) is 24.3 Å². The number of halogens is 4. The number of rotatable bonds is 5. The van der Waals surface area contributed by atoms with E-state index in [0.717, 1.165) is 28.0 Å². The first-order valence-corrected chi connectivity index (χ1v) is 16.5. The molecule has 3 aromatic rings. The number of phenols is 1. The maximum atomic E-state index is 14.5. The van der Waals surface area contributed by atoms with E-state index in [1.807, 2.05) is 22.6 Å². The SMILES string of the molecule is COc1cc(C2C3=CCC4C(=O)N(c5cccc([N+](=O)[O-])c5)C(=O)C4C3CC3(Cl)C(=O)N(c4ccc(F)cc4)C(=O)C23Cl)cc(I)c1O.